The molecule has 1 saturated heterocycles. The third-order valence-electron chi connectivity index (χ3n) is 7.05. The standard InChI is InChI=1S/C28H30ClF3N2O3S.CH4/c1-16-5-6-17(2)34(14-16)11-3-4-20(35)15-38-26-25(22-13-19(29)8-10-24(22)36)21-12-18(28(30,31)32)7-9-23(21)33-27(26)37;/h7-10,12-13,16-17,36H,3-6,11,14-15H2,1-2H3,(H,33,37);1H4. The molecule has 39 heavy (non-hydrogen) atoms. The number of aromatic nitrogens is 1. The molecule has 0 spiro atoms. The van der Waals surface area contributed by atoms with Gasteiger partial charge in [0.2, 0.25) is 0 Å². The van der Waals surface area contributed by atoms with Crippen molar-refractivity contribution in [3.8, 4) is 16.9 Å². The molecule has 2 aromatic carbocycles. The van der Waals surface area contributed by atoms with Crippen LogP contribution in [0.5, 0.6) is 5.75 Å². The number of phenolic OH excluding ortho intramolecular Hbond substituents is 1. The number of hydrogen-bond acceptors (Lipinski definition) is 5. The van der Waals surface area contributed by atoms with E-state index in [2.05, 4.69) is 23.7 Å². The maximum absolute atomic E-state index is 13.5. The van der Waals surface area contributed by atoms with Crippen molar-refractivity contribution in [3.63, 3.8) is 0 Å². The first-order valence-electron chi connectivity index (χ1n) is 12.6. The van der Waals surface area contributed by atoms with Crippen LogP contribution in [0.4, 0.5) is 13.2 Å². The highest BCUT2D eigenvalue weighted by Gasteiger charge is 2.31. The largest absolute Gasteiger partial charge is 0.507 e. The van der Waals surface area contributed by atoms with Gasteiger partial charge < -0.3 is 15.0 Å². The van der Waals surface area contributed by atoms with Gasteiger partial charge in [-0.1, -0.05) is 26.0 Å². The van der Waals surface area contributed by atoms with Crippen LogP contribution >= 0.6 is 23.4 Å². The molecular weight excluding hydrogens is 549 g/mol. The van der Waals surface area contributed by atoms with E-state index in [1.54, 1.807) is 0 Å². The minimum atomic E-state index is -4.61. The Kier molecular flexibility index (Phi) is 10.2. The Hall–Kier alpha value is -2.49. The summed E-state index contributed by atoms with van der Waals surface area (Å²) in [6, 6.07) is 7.66. The van der Waals surface area contributed by atoms with Crippen LogP contribution in [0.3, 0.4) is 0 Å². The fourth-order valence-electron chi connectivity index (χ4n) is 4.96. The lowest BCUT2D eigenvalue weighted by Gasteiger charge is -2.36. The van der Waals surface area contributed by atoms with Crippen LogP contribution in [-0.4, -0.2) is 45.7 Å². The second-order valence-electron chi connectivity index (χ2n) is 10.0. The van der Waals surface area contributed by atoms with E-state index in [1.807, 2.05) is 0 Å². The lowest BCUT2D eigenvalue weighted by atomic mass is 9.95. The van der Waals surface area contributed by atoms with Crippen LogP contribution in [0.25, 0.3) is 22.0 Å². The van der Waals surface area contributed by atoms with Gasteiger partial charge in [0.05, 0.1) is 16.2 Å². The zero-order valence-corrected chi connectivity index (χ0v) is 22.8. The molecule has 0 bridgehead atoms. The topological polar surface area (TPSA) is 73.4 Å². The Labute approximate surface area is 235 Å². The summed E-state index contributed by atoms with van der Waals surface area (Å²) in [6.07, 6.45) is -1.22. The number of rotatable bonds is 8. The number of carbonyl (C=O) groups is 1. The van der Waals surface area contributed by atoms with Crippen LogP contribution in [0.15, 0.2) is 46.1 Å². The van der Waals surface area contributed by atoms with E-state index >= 15 is 0 Å². The van der Waals surface area contributed by atoms with Crippen molar-refractivity contribution in [2.45, 2.75) is 64.1 Å². The highest BCUT2D eigenvalue weighted by molar-refractivity contribution is 8.00. The highest BCUT2D eigenvalue weighted by Crippen LogP contribution is 2.42. The molecule has 1 aromatic heterocycles. The van der Waals surface area contributed by atoms with E-state index in [9.17, 15) is 27.9 Å². The van der Waals surface area contributed by atoms with Gasteiger partial charge in [0.25, 0.3) is 5.56 Å². The molecule has 10 heteroatoms. The molecule has 0 saturated carbocycles. The van der Waals surface area contributed by atoms with Crippen molar-refractivity contribution < 1.29 is 23.1 Å². The average molecular weight is 583 g/mol. The maximum Gasteiger partial charge on any atom is 0.416 e. The number of H-pyrrole nitrogens is 1. The molecule has 2 atom stereocenters. The number of Topliss-reactive ketones (excluding diaryl/α,β-unsaturated/α-hetero) is 1. The Balaban J connectivity index is 0.00000420. The monoisotopic (exact) mass is 582 g/mol. The number of aromatic hydroxyl groups is 1. The average Bonchev–Trinajstić information content (AvgIpc) is 2.85. The van der Waals surface area contributed by atoms with Crippen LogP contribution < -0.4 is 5.56 Å². The molecule has 1 aliphatic rings. The van der Waals surface area contributed by atoms with Gasteiger partial charge in [-0.15, -0.1) is 11.8 Å². The first-order chi connectivity index (χ1) is 17.9. The van der Waals surface area contributed by atoms with Gasteiger partial charge in [-0.25, -0.2) is 0 Å². The molecule has 2 unspecified atom stereocenters. The fourth-order valence-corrected chi connectivity index (χ4v) is 6.13. The van der Waals surface area contributed by atoms with Crippen LogP contribution in [0.2, 0.25) is 5.02 Å². The minimum Gasteiger partial charge on any atom is -0.507 e. The maximum atomic E-state index is 13.5. The predicted octanol–water partition coefficient (Wildman–Crippen LogP) is 7.77. The van der Waals surface area contributed by atoms with Gasteiger partial charge in [-0.05, 0) is 75.0 Å². The summed E-state index contributed by atoms with van der Waals surface area (Å²) in [4.78, 5) is 30.9. The lowest BCUT2D eigenvalue weighted by Crippen LogP contribution is -2.41. The molecule has 1 aliphatic heterocycles. The fraction of sp³-hybridized carbons (Fsp3) is 0.448. The second kappa shape index (κ2) is 12.8. The number of ketones is 1. The Morgan fingerprint density at radius 2 is 1.92 bits per heavy atom. The van der Waals surface area contributed by atoms with Crippen LogP contribution in [0, 0.1) is 5.92 Å². The number of hydrogen-bond donors (Lipinski definition) is 2. The number of fused-ring (bicyclic) bond motifs is 1. The molecule has 1 fully saturated rings. The van der Waals surface area contributed by atoms with E-state index < -0.39 is 17.3 Å². The minimum absolute atomic E-state index is 0. The van der Waals surface area contributed by atoms with E-state index in [-0.39, 0.29) is 56.7 Å². The number of nitrogens with one attached hydrogen (secondary N) is 1. The Morgan fingerprint density at radius 3 is 2.64 bits per heavy atom. The lowest BCUT2D eigenvalue weighted by molar-refractivity contribution is -0.137. The van der Waals surface area contributed by atoms with Crippen LogP contribution in [-0.2, 0) is 11.0 Å². The number of alkyl halides is 3. The molecule has 5 nitrogen and oxygen atoms in total. The normalized spacial score (nSPS) is 18.2. The van der Waals surface area contributed by atoms with Crippen molar-refractivity contribution >= 4 is 40.0 Å². The van der Waals surface area contributed by atoms with E-state index in [1.165, 1.54) is 30.7 Å². The summed E-state index contributed by atoms with van der Waals surface area (Å²) >= 11 is 7.10. The van der Waals surface area contributed by atoms with Gasteiger partial charge >= 0.3 is 6.18 Å². The van der Waals surface area contributed by atoms with E-state index in [4.69, 9.17) is 11.6 Å². The molecule has 212 valence electrons. The smallest absolute Gasteiger partial charge is 0.416 e. The van der Waals surface area contributed by atoms with Crippen LogP contribution in [0.1, 0.15) is 52.5 Å². The summed E-state index contributed by atoms with van der Waals surface area (Å²) in [5.74, 6) is 0.318. The highest BCUT2D eigenvalue weighted by atomic mass is 35.5. The van der Waals surface area contributed by atoms with Crippen molar-refractivity contribution in [2.75, 3.05) is 18.8 Å². The molecule has 2 heterocycles. The summed E-state index contributed by atoms with van der Waals surface area (Å²) in [7, 11) is 0. The Bertz CT molecular complexity index is 1390. The first-order valence-corrected chi connectivity index (χ1v) is 13.9. The van der Waals surface area contributed by atoms with Gasteiger partial charge in [0.1, 0.15) is 11.5 Å². The SMILES string of the molecule is C.CC1CCC(C)N(CCCC(=O)CSc2c(-c3cc(Cl)ccc3O)c3cc(C(F)(F)F)ccc3[nH]c2=O)C1. The van der Waals surface area contributed by atoms with Gasteiger partial charge in [0.15, 0.2) is 0 Å². The molecule has 0 aliphatic carbocycles. The number of nitrogens with zero attached hydrogens (tertiary/aromatic N) is 1. The van der Waals surface area contributed by atoms with E-state index in [0.29, 0.717) is 24.8 Å². The van der Waals surface area contributed by atoms with Crippen molar-refractivity contribution in [2.24, 2.45) is 5.92 Å². The third-order valence-corrected chi connectivity index (χ3v) is 8.43. The van der Waals surface area contributed by atoms with Gasteiger partial charge in [-0.2, -0.15) is 13.2 Å². The predicted molar refractivity (Wildman–Crippen MR) is 153 cm³/mol. The number of pyridine rings is 1. The molecule has 0 amide bonds. The number of carbonyl (C=O) groups excluding carboxylic acids is 1. The zero-order chi connectivity index (χ0) is 27.6. The summed E-state index contributed by atoms with van der Waals surface area (Å²) in [5.41, 5.74) is -1.04. The molecule has 0 radical (unpaired) electrons. The number of aromatic amines is 1. The van der Waals surface area contributed by atoms with Gasteiger partial charge in [0, 0.05) is 46.1 Å². The van der Waals surface area contributed by atoms with Gasteiger partial charge in [-0.3, -0.25) is 9.59 Å². The zero-order valence-electron chi connectivity index (χ0n) is 21.2. The molecular formula is C29H34ClF3N2O3S. The molecule has 2 N–H and O–H groups in total. The van der Waals surface area contributed by atoms with E-state index in [0.717, 1.165) is 43.4 Å². The number of halogens is 4. The summed E-state index contributed by atoms with van der Waals surface area (Å²) in [6.45, 7) is 6.27. The number of piperidine rings is 1. The second-order valence-corrected chi connectivity index (χ2v) is 11.5. The number of phenols is 1. The number of thioether (sulfide) groups is 1. The quantitative estimate of drug-likeness (QED) is 0.265. The van der Waals surface area contributed by atoms with Crippen molar-refractivity contribution in [3.05, 3.63) is 57.3 Å². The molecule has 3 aromatic rings. The van der Waals surface area contributed by atoms with Crippen molar-refractivity contribution in [1.29, 1.82) is 0 Å². The summed E-state index contributed by atoms with van der Waals surface area (Å²) < 4.78 is 40.6. The third kappa shape index (κ3) is 7.38. The number of likely N-dealkylation sites (tertiary alicyclic amines) is 1. The Morgan fingerprint density at radius 1 is 1.18 bits per heavy atom. The summed E-state index contributed by atoms with van der Waals surface area (Å²) in [5, 5.41) is 10.9. The first kappa shape index (κ1) is 31.0. The van der Waals surface area contributed by atoms with Crippen molar-refractivity contribution in [1.82, 2.24) is 9.88 Å². The number of benzene rings is 2. The molecule has 4 rings (SSSR count).